The first kappa shape index (κ1) is 14.7. The zero-order valence-electron chi connectivity index (χ0n) is 11.8. The zero-order chi connectivity index (χ0) is 13.9. The largest absolute Gasteiger partial charge is 0.366 e. The highest BCUT2D eigenvalue weighted by Gasteiger charge is 2.21. The van der Waals surface area contributed by atoms with E-state index in [1.54, 1.807) is 12.1 Å². The van der Waals surface area contributed by atoms with Crippen LogP contribution in [0, 0.1) is 11.7 Å². The van der Waals surface area contributed by atoms with E-state index in [9.17, 15) is 9.18 Å². The summed E-state index contributed by atoms with van der Waals surface area (Å²) in [4.78, 5) is 13.6. The van der Waals surface area contributed by atoms with Crippen LogP contribution in [-0.2, 0) is 0 Å². The lowest BCUT2D eigenvalue weighted by molar-refractivity contribution is 0.101. The quantitative estimate of drug-likeness (QED) is 0.740. The van der Waals surface area contributed by atoms with Gasteiger partial charge in [-0.25, -0.2) is 4.39 Å². The van der Waals surface area contributed by atoms with Gasteiger partial charge < -0.3 is 4.90 Å². The topological polar surface area (TPSA) is 20.3 Å². The molecule has 0 fully saturated rings. The molecule has 0 aliphatic carbocycles. The summed E-state index contributed by atoms with van der Waals surface area (Å²) in [6.45, 7) is 10.4. The third-order valence-corrected chi connectivity index (χ3v) is 2.84. The Labute approximate surface area is 109 Å². The summed E-state index contributed by atoms with van der Waals surface area (Å²) in [5, 5.41) is 0. The minimum absolute atomic E-state index is 0.0982. The highest BCUT2D eigenvalue weighted by Crippen LogP contribution is 2.27. The number of halogens is 1. The number of hydrogen-bond acceptors (Lipinski definition) is 2. The van der Waals surface area contributed by atoms with E-state index in [4.69, 9.17) is 0 Å². The average molecular weight is 251 g/mol. The van der Waals surface area contributed by atoms with Crippen molar-refractivity contribution in [1.29, 1.82) is 0 Å². The van der Waals surface area contributed by atoms with Crippen molar-refractivity contribution in [2.75, 3.05) is 11.4 Å². The minimum atomic E-state index is -0.322. The zero-order valence-corrected chi connectivity index (χ0v) is 11.8. The fourth-order valence-electron chi connectivity index (χ4n) is 2.05. The van der Waals surface area contributed by atoms with Crippen molar-refractivity contribution < 1.29 is 9.18 Å². The highest BCUT2D eigenvalue weighted by molar-refractivity contribution is 5.99. The lowest BCUT2D eigenvalue weighted by Gasteiger charge is -2.32. The van der Waals surface area contributed by atoms with Crippen molar-refractivity contribution >= 4 is 11.5 Å². The molecule has 1 rings (SSSR count). The van der Waals surface area contributed by atoms with E-state index in [0.717, 1.165) is 6.54 Å². The Bertz CT molecular complexity index is 427. The maximum absolute atomic E-state index is 14.1. The van der Waals surface area contributed by atoms with Gasteiger partial charge in [-0.1, -0.05) is 19.9 Å². The van der Waals surface area contributed by atoms with Crippen molar-refractivity contribution in [1.82, 2.24) is 0 Å². The summed E-state index contributed by atoms with van der Waals surface area (Å²) in [6.07, 6.45) is 0. The van der Waals surface area contributed by atoms with E-state index in [1.165, 1.54) is 13.0 Å². The van der Waals surface area contributed by atoms with E-state index in [0.29, 0.717) is 17.2 Å². The number of rotatable bonds is 5. The Hall–Kier alpha value is -1.38. The second-order valence-corrected chi connectivity index (χ2v) is 5.33. The van der Waals surface area contributed by atoms with Gasteiger partial charge in [-0.3, -0.25) is 4.79 Å². The molecule has 0 unspecified atom stereocenters. The number of carbonyl (C=O) groups excluding carboxylic acids is 1. The van der Waals surface area contributed by atoms with Crippen molar-refractivity contribution in [3.05, 3.63) is 29.6 Å². The molecule has 0 N–H and O–H groups in total. The Morgan fingerprint density at radius 1 is 1.28 bits per heavy atom. The number of nitrogens with zero attached hydrogens (tertiary/aromatic N) is 1. The average Bonchev–Trinajstić information content (AvgIpc) is 2.25. The molecule has 18 heavy (non-hydrogen) atoms. The fourth-order valence-corrected chi connectivity index (χ4v) is 2.05. The molecule has 2 nitrogen and oxygen atoms in total. The summed E-state index contributed by atoms with van der Waals surface area (Å²) in [7, 11) is 0. The third kappa shape index (κ3) is 3.31. The van der Waals surface area contributed by atoms with Gasteiger partial charge in [0.15, 0.2) is 5.78 Å². The molecule has 100 valence electrons. The number of anilines is 1. The lowest BCUT2D eigenvalue weighted by Crippen LogP contribution is -2.36. The van der Waals surface area contributed by atoms with Crippen LogP contribution in [0.1, 0.15) is 45.0 Å². The maximum Gasteiger partial charge on any atom is 0.161 e. The van der Waals surface area contributed by atoms with Crippen LogP contribution in [0.4, 0.5) is 10.1 Å². The van der Waals surface area contributed by atoms with Crippen LogP contribution in [0.15, 0.2) is 18.2 Å². The number of Topliss-reactive ketones (excluding diaryl/α,β-unsaturated/α-hetero) is 1. The number of carbonyl (C=O) groups is 1. The Kier molecular flexibility index (Phi) is 4.88. The van der Waals surface area contributed by atoms with Crippen LogP contribution in [0.2, 0.25) is 0 Å². The Balaban J connectivity index is 3.30. The maximum atomic E-state index is 14.1. The van der Waals surface area contributed by atoms with Gasteiger partial charge in [0.05, 0.1) is 5.69 Å². The number of para-hydroxylation sites is 1. The molecular formula is C15H22FNO. The molecule has 1 aromatic carbocycles. The molecule has 0 heterocycles. The van der Waals surface area contributed by atoms with Gasteiger partial charge in [-0.05, 0) is 38.8 Å². The smallest absolute Gasteiger partial charge is 0.161 e. The van der Waals surface area contributed by atoms with E-state index in [1.807, 2.05) is 18.7 Å². The highest BCUT2D eigenvalue weighted by atomic mass is 19.1. The Morgan fingerprint density at radius 2 is 1.89 bits per heavy atom. The minimum Gasteiger partial charge on any atom is -0.366 e. The molecule has 0 saturated heterocycles. The first-order chi connectivity index (χ1) is 8.34. The van der Waals surface area contributed by atoms with Gasteiger partial charge in [0, 0.05) is 18.2 Å². The summed E-state index contributed by atoms with van der Waals surface area (Å²) in [5.41, 5.74) is 0.901. The van der Waals surface area contributed by atoms with Crippen LogP contribution < -0.4 is 4.90 Å². The van der Waals surface area contributed by atoms with Crippen LogP contribution in [0.5, 0.6) is 0 Å². The van der Waals surface area contributed by atoms with Crippen LogP contribution >= 0.6 is 0 Å². The summed E-state index contributed by atoms with van der Waals surface area (Å²) in [6, 6.07) is 4.85. The summed E-state index contributed by atoms with van der Waals surface area (Å²) in [5.74, 6) is -0.0113. The fraction of sp³-hybridized carbons (Fsp3) is 0.533. The predicted octanol–water partition coefficient (Wildman–Crippen LogP) is 3.90. The molecule has 0 saturated carbocycles. The molecule has 0 spiro atoms. The second kappa shape index (κ2) is 5.98. The SMILES string of the molecule is CC(=O)c1cccc(F)c1N(CC(C)C)C(C)C. The predicted molar refractivity (Wildman–Crippen MR) is 73.7 cm³/mol. The molecular weight excluding hydrogens is 229 g/mol. The monoisotopic (exact) mass is 251 g/mol. The van der Waals surface area contributed by atoms with E-state index in [-0.39, 0.29) is 17.6 Å². The molecule has 0 aliphatic rings. The summed E-state index contributed by atoms with van der Waals surface area (Å²) < 4.78 is 14.1. The molecule has 0 radical (unpaired) electrons. The number of ketones is 1. The number of benzene rings is 1. The van der Waals surface area contributed by atoms with Gasteiger partial charge in [0.2, 0.25) is 0 Å². The second-order valence-electron chi connectivity index (χ2n) is 5.33. The van der Waals surface area contributed by atoms with Crippen LogP contribution in [0.25, 0.3) is 0 Å². The van der Waals surface area contributed by atoms with E-state index >= 15 is 0 Å². The molecule has 0 aromatic heterocycles. The standard InChI is InChI=1S/C15H22FNO/c1-10(2)9-17(11(3)4)15-13(12(5)18)7-6-8-14(15)16/h6-8,10-11H,9H2,1-5H3. The van der Waals surface area contributed by atoms with Gasteiger partial charge in [-0.15, -0.1) is 0 Å². The van der Waals surface area contributed by atoms with Gasteiger partial charge >= 0.3 is 0 Å². The van der Waals surface area contributed by atoms with Crippen molar-refractivity contribution in [3.63, 3.8) is 0 Å². The lowest BCUT2D eigenvalue weighted by atomic mass is 10.0. The van der Waals surface area contributed by atoms with Crippen molar-refractivity contribution in [3.8, 4) is 0 Å². The molecule has 0 atom stereocenters. The van der Waals surface area contributed by atoms with Crippen molar-refractivity contribution in [2.45, 2.75) is 40.7 Å². The van der Waals surface area contributed by atoms with Gasteiger partial charge in [0.25, 0.3) is 0 Å². The molecule has 3 heteroatoms. The van der Waals surface area contributed by atoms with E-state index in [2.05, 4.69) is 13.8 Å². The van der Waals surface area contributed by atoms with Crippen molar-refractivity contribution in [2.24, 2.45) is 5.92 Å². The molecule has 0 aliphatic heterocycles. The van der Waals surface area contributed by atoms with E-state index < -0.39 is 0 Å². The molecule has 1 aromatic rings. The third-order valence-electron chi connectivity index (χ3n) is 2.84. The summed E-state index contributed by atoms with van der Waals surface area (Å²) >= 11 is 0. The van der Waals surface area contributed by atoms with Crippen LogP contribution in [0.3, 0.4) is 0 Å². The molecule has 0 bridgehead atoms. The van der Waals surface area contributed by atoms with Gasteiger partial charge in [-0.2, -0.15) is 0 Å². The normalized spacial score (nSPS) is 11.1. The first-order valence-electron chi connectivity index (χ1n) is 6.40. The number of hydrogen-bond donors (Lipinski definition) is 0. The first-order valence-corrected chi connectivity index (χ1v) is 6.40. The Morgan fingerprint density at radius 3 is 2.33 bits per heavy atom. The van der Waals surface area contributed by atoms with Gasteiger partial charge in [0.1, 0.15) is 5.82 Å². The molecule has 0 amide bonds. The van der Waals surface area contributed by atoms with Crippen LogP contribution in [-0.4, -0.2) is 18.4 Å².